The van der Waals surface area contributed by atoms with Crippen molar-refractivity contribution >= 4 is 17.7 Å². The van der Waals surface area contributed by atoms with Crippen molar-refractivity contribution in [1.29, 1.82) is 0 Å². The first kappa shape index (κ1) is 18.4. The molecule has 28 heavy (non-hydrogen) atoms. The van der Waals surface area contributed by atoms with E-state index >= 15 is 0 Å². The number of carbonyl (C=O) groups is 1. The largest absolute Gasteiger partial charge is 0.486 e. The lowest BCUT2D eigenvalue weighted by atomic mass is 10.1. The normalized spacial score (nSPS) is 12.6. The van der Waals surface area contributed by atoms with Gasteiger partial charge in [0.2, 0.25) is 5.91 Å². The van der Waals surface area contributed by atoms with Crippen LogP contribution in [-0.2, 0) is 11.2 Å². The molecule has 7 heteroatoms. The maximum atomic E-state index is 12.1. The molecular formula is C21H21N3O3S. The first-order valence-electron chi connectivity index (χ1n) is 9.16. The zero-order chi connectivity index (χ0) is 19.2. The zero-order valence-electron chi connectivity index (χ0n) is 15.3. The van der Waals surface area contributed by atoms with E-state index in [2.05, 4.69) is 22.5 Å². The highest BCUT2D eigenvalue weighted by Crippen LogP contribution is 2.34. The second kappa shape index (κ2) is 8.84. The summed E-state index contributed by atoms with van der Waals surface area (Å²) in [5.74, 6) is 1.90. The lowest BCUT2D eigenvalue weighted by Crippen LogP contribution is -2.27. The van der Waals surface area contributed by atoms with Gasteiger partial charge in [0.1, 0.15) is 13.2 Å². The monoisotopic (exact) mass is 395 g/mol. The van der Waals surface area contributed by atoms with Crippen molar-refractivity contribution in [2.75, 3.05) is 25.5 Å². The van der Waals surface area contributed by atoms with Gasteiger partial charge in [-0.2, -0.15) is 5.10 Å². The lowest BCUT2D eigenvalue weighted by molar-refractivity contribution is -0.118. The van der Waals surface area contributed by atoms with E-state index in [1.165, 1.54) is 17.3 Å². The fourth-order valence-corrected chi connectivity index (χ4v) is 3.65. The molecule has 0 bridgehead atoms. The highest BCUT2D eigenvalue weighted by molar-refractivity contribution is 8.00. The van der Waals surface area contributed by atoms with Crippen molar-refractivity contribution in [3.8, 4) is 17.2 Å². The van der Waals surface area contributed by atoms with Crippen LogP contribution in [0.15, 0.2) is 65.8 Å². The Hall–Kier alpha value is -2.93. The van der Waals surface area contributed by atoms with Crippen LogP contribution in [0.1, 0.15) is 5.56 Å². The van der Waals surface area contributed by atoms with Crippen LogP contribution in [0.3, 0.4) is 0 Å². The van der Waals surface area contributed by atoms with Crippen LogP contribution < -0.4 is 14.8 Å². The average Bonchev–Trinajstić information content (AvgIpc) is 3.27. The number of carbonyl (C=O) groups excluding carboxylic acids is 1. The second-order valence-corrected chi connectivity index (χ2v) is 7.36. The molecule has 144 valence electrons. The van der Waals surface area contributed by atoms with Gasteiger partial charge in [0.05, 0.1) is 11.4 Å². The number of nitrogens with zero attached hydrogens (tertiary/aromatic N) is 2. The number of amides is 1. The average molecular weight is 395 g/mol. The quantitative estimate of drug-likeness (QED) is 0.623. The van der Waals surface area contributed by atoms with Crippen LogP contribution in [0.5, 0.6) is 11.5 Å². The Labute approximate surface area is 167 Å². The van der Waals surface area contributed by atoms with Crippen LogP contribution in [0, 0.1) is 0 Å². The molecule has 1 aromatic heterocycles. The third kappa shape index (κ3) is 4.67. The standard InChI is InChI=1S/C21H21N3O3S/c25-21(15-28-18-6-7-19-20(14-18)27-13-12-26-19)22-10-8-16-2-4-17(5-3-16)24-11-1-9-23-24/h1-7,9,11,14H,8,10,12-13,15H2,(H,22,25). The number of aromatic nitrogens is 2. The molecular weight excluding hydrogens is 374 g/mol. The maximum Gasteiger partial charge on any atom is 0.230 e. The Balaban J connectivity index is 1.20. The van der Waals surface area contributed by atoms with Gasteiger partial charge in [-0.3, -0.25) is 4.79 Å². The fraction of sp³-hybridized carbons (Fsp3) is 0.238. The van der Waals surface area contributed by atoms with Crippen LogP contribution in [-0.4, -0.2) is 41.2 Å². The highest BCUT2D eigenvalue weighted by atomic mass is 32.2. The molecule has 0 fully saturated rings. The first-order chi connectivity index (χ1) is 13.8. The SMILES string of the molecule is O=C(CSc1ccc2c(c1)OCCO2)NCCc1ccc(-n2cccn2)cc1. The summed E-state index contributed by atoms with van der Waals surface area (Å²) >= 11 is 1.49. The number of nitrogens with one attached hydrogen (secondary N) is 1. The molecule has 4 rings (SSSR count). The van der Waals surface area contributed by atoms with Gasteiger partial charge >= 0.3 is 0 Å². The molecule has 0 radical (unpaired) electrons. The summed E-state index contributed by atoms with van der Waals surface area (Å²) in [6.07, 6.45) is 4.46. The lowest BCUT2D eigenvalue weighted by Gasteiger charge is -2.18. The van der Waals surface area contributed by atoms with E-state index in [1.807, 2.05) is 47.3 Å². The molecule has 1 aliphatic rings. The smallest absolute Gasteiger partial charge is 0.230 e. The molecule has 3 aromatic rings. The number of hydrogen-bond acceptors (Lipinski definition) is 5. The topological polar surface area (TPSA) is 65.4 Å². The molecule has 0 saturated carbocycles. The van der Waals surface area contributed by atoms with Gasteiger partial charge in [-0.05, 0) is 48.4 Å². The van der Waals surface area contributed by atoms with E-state index in [-0.39, 0.29) is 5.91 Å². The van der Waals surface area contributed by atoms with Crippen LogP contribution >= 0.6 is 11.8 Å². The molecule has 0 saturated heterocycles. The van der Waals surface area contributed by atoms with E-state index in [4.69, 9.17) is 9.47 Å². The van der Waals surface area contributed by atoms with E-state index < -0.39 is 0 Å². The van der Waals surface area contributed by atoms with Crippen molar-refractivity contribution in [3.63, 3.8) is 0 Å². The van der Waals surface area contributed by atoms with Crippen LogP contribution in [0.25, 0.3) is 5.69 Å². The minimum atomic E-state index is 0.0213. The van der Waals surface area contributed by atoms with Gasteiger partial charge in [-0.1, -0.05) is 12.1 Å². The van der Waals surface area contributed by atoms with Crippen molar-refractivity contribution in [1.82, 2.24) is 15.1 Å². The van der Waals surface area contributed by atoms with Gasteiger partial charge in [-0.25, -0.2) is 4.68 Å². The van der Waals surface area contributed by atoms with E-state index in [1.54, 1.807) is 6.20 Å². The zero-order valence-corrected chi connectivity index (χ0v) is 16.2. The summed E-state index contributed by atoms with van der Waals surface area (Å²) in [5.41, 5.74) is 2.20. The third-order valence-electron chi connectivity index (χ3n) is 4.32. The molecule has 1 aliphatic heterocycles. The van der Waals surface area contributed by atoms with Crippen LogP contribution in [0.2, 0.25) is 0 Å². The predicted octanol–water partition coefficient (Wildman–Crippen LogP) is 3.09. The molecule has 2 aromatic carbocycles. The van der Waals surface area contributed by atoms with Gasteiger partial charge in [0.15, 0.2) is 11.5 Å². The summed E-state index contributed by atoms with van der Waals surface area (Å²) in [4.78, 5) is 13.1. The minimum Gasteiger partial charge on any atom is -0.486 e. The van der Waals surface area contributed by atoms with Crippen molar-refractivity contribution < 1.29 is 14.3 Å². The maximum absolute atomic E-state index is 12.1. The van der Waals surface area contributed by atoms with E-state index in [0.29, 0.717) is 25.5 Å². The van der Waals surface area contributed by atoms with Gasteiger partial charge < -0.3 is 14.8 Å². The molecule has 0 spiro atoms. The number of benzene rings is 2. The van der Waals surface area contributed by atoms with Gasteiger partial charge in [-0.15, -0.1) is 11.8 Å². The van der Waals surface area contributed by atoms with Crippen LogP contribution in [0.4, 0.5) is 0 Å². The Morgan fingerprint density at radius 3 is 2.71 bits per heavy atom. The molecule has 1 N–H and O–H groups in total. The highest BCUT2D eigenvalue weighted by Gasteiger charge is 2.12. The number of hydrogen-bond donors (Lipinski definition) is 1. The Morgan fingerprint density at radius 1 is 1.11 bits per heavy atom. The van der Waals surface area contributed by atoms with Crippen molar-refractivity contribution in [2.24, 2.45) is 0 Å². The van der Waals surface area contributed by atoms with E-state index in [0.717, 1.165) is 28.5 Å². The Morgan fingerprint density at radius 2 is 1.93 bits per heavy atom. The summed E-state index contributed by atoms with van der Waals surface area (Å²) in [6.45, 7) is 1.75. The third-order valence-corrected chi connectivity index (χ3v) is 5.32. The second-order valence-electron chi connectivity index (χ2n) is 6.31. The first-order valence-corrected chi connectivity index (χ1v) is 10.1. The van der Waals surface area contributed by atoms with Gasteiger partial charge in [0, 0.05) is 23.8 Å². The molecule has 6 nitrogen and oxygen atoms in total. The number of thioether (sulfide) groups is 1. The molecule has 0 unspecified atom stereocenters. The predicted molar refractivity (Wildman–Crippen MR) is 108 cm³/mol. The molecule has 0 aliphatic carbocycles. The summed E-state index contributed by atoms with van der Waals surface area (Å²) in [5, 5.41) is 7.19. The van der Waals surface area contributed by atoms with Crippen molar-refractivity contribution in [2.45, 2.75) is 11.3 Å². The van der Waals surface area contributed by atoms with Crippen molar-refractivity contribution in [3.05, 3.63) is 66.5 Å². The summed E-state index contributed by atoms with van der Waals surface area (Å²) < 4.78 is 12.9. The Bertz CT molecular complexity index is 927. The Kier molecular flexibility index (Phi) is 5.82. The summed E-state index contributed by atoms with van der Waals surface area (Å²) in [7, 11) is 0. The number of ether oxygens (including phenoxy) is 2. The number of rotatable bonds is 7. The van der Waals surface area contributed by atoms with E-state index in [9.17, 15) is 4.79 Å². The van der Waals surface area contributed by atoms with Gasteiger partial charge in [0.25, 0.3) is 0 Å². The molecule has 1 amide bonds. The number of fused-ring (bicyclic) bond motifs is 1. The molecule has 2 heterocycles. The molecule has 0 atom stereocenters. The fourth-order valence-electron chi connectivity index (χ4n) is 2.90. The summed E-state index contributed by atoms with van der Waals surface area (Å²) in [6, 6.07) is 15.8. The minimum absolute atomic E-state index is 0.0213.